The predicted octanol–water partition coefficient (Wildman–Crippen LogP) is 1.80. The average molecular weight is 396 g/mol. The number of hydrogen-bond acceptors (Lipinski definition) is 4. The fourth-order valence-corrected chi connectivity index (χ4v) is 3.48. The zero-order chi connectivity index (χ0) is 20.5. The number of nitrogens with two attached hydrogens (primary N) is 1. The fourth-order valence-electron chi connectivity index (χ4n) is 3.48. The highest BCUT2D eigenvalue weighted by molar-refractivity contribution is 5.78. The van der Waals surface area contributed by atoms with Crippen LogP contribution in [0.3, 0.4) is 0 Å². The molecular weight excluding hydrogens is 368 g/mol. The first-order valence-corrected chi connectivity index (χ1v) is 9.85. The molecule has 2 aromatic carbocycles. The van der Waals surface area contributed by atoms with Gasteiger partial charge in [0.25, 0.3) is 0 Å². The van der Waals surface area contributed by atoms with Gasteiger partial charge in [0.2, 0.25) is 5.91 Å². The molecule has 1 saturated heterocycles. The van der Waals surface area contributed by atoms with Crippen molar-refractivity contribution in [2.75, 3.05) is 26.2 Å². The van der Waals surface area contributed by atoms with Crippen LogP contribution in [0.4, 0.5) is 4.79 Å². The lowest BCUT2D eigenvalue weighted by molar-refractivity contribution is -0.122. The topological polar surface area (TPSA) is 96.7 Å². The lowest BCUT2D eigenvalue weighted by Gasteiger charge is -2.33. The van der Waals surface area contributed by atoms with E-state index >= 15 is 0 Å². The Hall–Kier alpha value is -2.90. The smallest absolute Gasteiger partial charge is 0.312 e. The maximum atomic E-state index is 12.5. The maximum Gasteiger partial charge on any atom is 0.312 e. The van der Waals surface area contributed by atoms with Crippen LogP contribution >= 0.6 is 0 Å². The monoisotopic (exact) mass is 396 g/mol. The molecule has 2 atom stereocenters. The summed E-state index contributed by atoms with van der Waals surface area (Å²) in [6.07, 6.45) is 0.0589. The van der Waals surface area contributed by atoms with Gasteiger partial charge < -0.3 is 21.1 Å². The minimum absolute atomic E-state index is 0.0595. The number of amides is 3. The number of primary amides is 1. The van der Waals surface area contributed by atoms with E-state index in [4.69, 9.17) is 10.5 Å². The quantitative estimate of drug-likeness (QED) is 0.634. The van der Waals surface area contributed by atoms with Crippen LogP contribution in [0.25, 0.3) is 0 Å². The van der Waals surface area contributed by atoms with E-state index in [1.54, 1.807) is 0 Å². The fraction of sp³-hybridized carbons (Fsp3) is 0.364. The summed E-state index contributed by atoms with van der Waals surface area (Å²) in [5.41, 5.74) is 7.37. The molecule has 1 fully saturated rings. The van der Waals surface area contributed by atoms with E-state index in [1.807, 2.05) is 48.5 Å². The third-order valence-corrected chi connectivity index (χ3v) is 4.91. The van der Waals surface area contributed by atoms with Gasteiger partial charge in [0.05, 0.1) is 25.2 Å². The van der Waals surface area contributed by atoms with Crippen molar-refractivity contribution in [2.24, 2.45) is 5.73 Å². The predicted molar refractivity (Wildman–Crippen MR) is 111 cm³/mol. The van der Waals surface area contributed by atoms with E-state index in [-0.39, 0.29) is 18.4 Å². The highest BCUT2D eigenvalue weighted by atomic mass is 16.5. The number of carbonyl (C=O) groups is 2. The molecule has 0 spiro atoms. The number of hydrogen-bond donors (Lipinski definition) is 3. The maximum absolute atomic E-state index is 12.5. The lowest BCUT2D eigenvalue weighted by Crippen LogP contribution is -2.47. The van der Waals surface area contributed by atoms with Gasteiger partial charge in [-0.3, -0.25) is 9.69 Å². The van der Waals surface area contributed by atoms with E-state index in [0.29, 0.717) is 13.2 Å². The first-order valence-electron chi connectivity index (χ1n) is 9.85. The lowest BCUT2D eigenvalue weighted by atomic mass is 10.0. The number of nitrogens with zero attached hydrogens (tertiary/aromatic N) is 1. The summed E-state index contributed by atoms with van der Waals surface area (Å²) in [7, 11) is 0. The number of nitrogens with one attached hydrogen (secondary N) is 2. The highest BCUT2D eigenvalue weighted by Crippen LogP contribution is 2.16. The van der Waals surface area contributed by atoms with Crippen molar-refractivity contribution < 1.29 is 14.3 Å². The normalized spacial score (nSPS) is 18.0. The second-order valence-electron chi connectivity index (χ2n) is 7.19. The van der Waals surface area contributed by atoms with E-state index in [1.165, 1.54) is 5.56 Å². The van der Waals surface area contributed by atoms with Crippen molar-refractivity contribution in [3.8, 4) is 0 Å². The Balaban J connectivity index is 1.48. The molecule has 0 aromatic heterocycles. The zero-order valence-corrected chi connectivity index (χ0v) is 16.4. The molecule has 0 radical (unpaired) electrons. The molecular formula is C22H28N4O3. The number of urea groups is 1. The van der Waals surface area contributed by atoms with Crippen LogP contribution in [0.2, 0.25) is 0 Å². The molecule has 7 heteroatoms. The minimum atomic E-state index is -0.654. The molecule has 0 bridgehead atoms. The van der Waals surface area contributed by atoms with Crippen molar-refractivity contribution in [3.05, 3.63) is 71.8 Å². The summed E-state index contributed by atoms with van der Waals surface area (Å²) in [6.45, 7) is 3.58. The molecule has 0 saturated carbocycles. The molecule has 29 heavy (non-hydrogen) atoms. The molecule has 4 N–H and O–H groups in total. The Morgan fingerprint density at radius 3 is 2.48 bits per heavy atom. The van der Waals surface area contributed by atoms with E-state index in [0.717, 1.165) is 25.2 Å². The molecule has 0 aliphatic carbocycles. The van der Waals surface area contributed by atoms with Gasteiger partial charge >= 0.3 is 6.03 Å². The summed E-state index contributed by atoms with van der Waals surface area (Å²) >= 11 is 0. The van der Waals surface area contributed by atoms with Crippen LogP contribution in [0.1, 0.15) is 23.6 Å². The number of morpholine rings is 1. The first-order chi connectivity index (χ1) is 14.1. The highest BCUT2D eigenvalue weighted by Gasteiger charge is 2.22. The van der Waals surface area contributed by atoms with Gasteiger partial charge in [-0.05, 0) is 11.1 Å². The summed E-state index contributed by atoms with van der Waals surface area (Å²) in [4.78, 5) is 26.1. The molecule has 1 aliphatic heterocycles. The SMILES string of the molecule is NC(=O)NC(CC(=O)NCC1CN(Cc2ccccc2)CCO1)c1ccccc1. The van der Waals surface area contributed by atoms with Gasteiger partial charge in [-0.15, -0.1) is 0 Å². The Morgan fingerprint density at radius 2 is 1.79 bits per heavy atom. The second-order valence-corrected chi connectivity index (χ2v) is 7.19. The van der Waals surface area contributed by atoms with E-state index in [2.05, 4.69) is 27.7 Å². The van der Waals surface area contributed by atoms with Gasteiger partial charge in [-0.25, -0.2) is 4.79 Å². The molecule has 1 aliphatic rings. The summed E-state index contributed by atoms with van der Waals surface area (Å²) in [5.74, 6) is -0.156. The van der Waals surface area contributed by atoms with Gasteiger partial charge in [-0.1, -0.05) is 60.7 Å². The van der Waals surface area contributed by atoms with Crippen molar-refractivity contribution >= 4 is 11.9 Å². The molecule has 7 nitrogen and oxygen atoms in total. The zero-order valence-electron chi connectivity index (χ0n) is 16.4. The van der Waals surface area contributed by atoms with Crippen LogP contribution < -0.4 is 16.4 Å². The molecule has 3 rings (SSSR count). The van der Waals surface area contributed by atoms with Crippen molar-refractivity contribution in [3.63, 3.8) is 0 Å². The average Bonchev–Trinajstić information content (AvgIpc) is 2.73. The van der Waals surface area contributed by atoms with Crippen LogP contribution in [0.15, 0.2) is 60.7 Å². The number of benzene rings is 2. The van der Waals surface area contributed by atoms with Crippen molar-refractivity contribution in [1.82, 2.24) is 15.5 Å². The molecule has 3 amide bonds. The minimum Gasteiger partial charge on any atom is -0.374 e. The second kappa shape index (κ2) is 10.6. The third-order valence-electron chi connectivity index (χ3n) is 4.91. The van der Waals surface area contributed by atoms with E-state index in [9.17, 15) is 9.59 Å². The number of ether oxygens (including phenoxy) is 1. The Labute approximate surface area is 171 Å². The molecule has 1 heterocycles. The van der Waals surface area contributed by atoms with Crippen LogP contribution in [0, 0.1) is 0 Å². The number of rotatable bonds is 8. The summed E-state index contributed by atoms with van der Waals surface area (Å²) < 4.78 is 5.80. The third kappa shape index (κ3) is 6.89. The summed E-state index contributed by atoms with van der Waals surface area (Å²) in [6, 6.07) is 18.5. The van der Waals surface area contributed by atoms with Gasteiger partial charge in [0.15, 0.2) is 0 Å². The van der Waals surface area contributed by atoms with Crippen LogP contribution in [0.5, 0.6) is 0 Å². The van der Waals surface area contributed by atoms with Crippen molar-refractivity contribution in [2.45, 2.75) is 25.1 Å². The van der Waals surface area contributed by atoms with Gasteiger partial charge in [0, 0.05) is 26.2 Å². The van der Waals surface area contributed by atoms with Gasteiger partial charge in [0.1, 0.15) is 0 Å². The van der Waals surface area contributed by atoms with E-state index < -0.39 is 12.1 Å². The molecule has 2 aromatic rings. The summed E-state index contributed by atoms with van der Waals surface area (Å²) in [5, 5.41) is 5.57. The Bertz CT molecular complexity index is 785. The van der Waals surface area contributed by atoms with Crippen LogP contribution in [-0.4, -0.2) is 49.2 Å². The largest absolute Gasteiger partial charge is 0.374 e. The molecule has 2 unspecified atom stereocenters. The Kier molecular flexibility index (Phi) is 7.61. The molecule has 154 valence electrons. The first kappa shape index (κ1) is 20.8. The number of carbonyl (C=O) groups excluding carboxylic acids is 2. The van der Waals surface area contributed by atoms with Crippen LogP contribution in [-0.2, 0) is 16.1 Å². The van der Waals surface area contributed by atoms with Crippen molar-refractivity contribution in [1.29, 1.82) is 0 Å². The standard InChI is InChI=1S/C22H28N4O3/c23-22(28)25-20(18-9-5-2-6-10-18)13-21(27)24-14-19-16-26(11-12-29-19)15-17-7-3-1-4-8-17/h1-10,19-20H,11-16H2,(H,24,27)(H3,23,25,28). The Morgan fingerprint density at radius 1 is 1.10 bits per heavy atom. The van der Waals surface area contributed by atoms with Gasteiger partial charge in [-0.2, -0.15) is 0 Å².